The van der Waals surface area contributed by atoms with Crippen molar-refractivity contribution >= 4 is 28.7 Å². The number of carbonyl (C=O) groups excluding carboxylic acids is 2. The van der Waals surface area contributed by atoms with E-state index in [1.54, 1.807) is 6.07 Å². The lowest BCUT2D eigenvalue weighted by Crippen LogP contribution is -2.27. The molecule has 2 aromatic rings. The van der Waals surface area contributed by atoms with Crippen LogP contribution in [0.25, 0.3) is 10.9 Å². The molecule has 0 aliphatic rings. The Kier molecular flexibility index (Phi) is 5.68. The van der Waals surface area contributed by atoms with Gasteiger partial charge in [-0.3, -0.25) is 5.32 Å². The third-order valence-electron chi connectivity index (χ3n) is 3.47. The minimum absolute atomic E-state index is 0.300. The largest absolute Gasteiger partial charge is 0.457 e. The van der Waals surface area contributed by atoms with Gasteiger partial charge in [0.05, 0.1) is 12.1 Å². The van der Waals surface area contributed by atoms with Crippen molar-refractivity contribution in [1.82, 2.24) is 4.57 Å². The number of amides is 1. The van der Waals surface area contributed by atoms with Gasteiger partial charge in [-0.15, -0.1) is 0 Å². The van der Waals surface area contributed by atoms with E-state index in [0.29, 0.717) is 17.8 Å². The van der Waals surface area contributed by atoms with Crippen LogP contribution in [0, 0.1) is 0 Å². The quantitative estimate of drug-likeness (QED) is 0.613. The maximum Gasteiger partial charge on any atom is 0.412 e. The normalized spacial score (nSPS) is 11.9. The van der Waals surface area contributed by atoms with Gasteiger partial charge in [-0.2, -0.15) is 0 Å². The van der Waals surface area contributed by atoms with Crippen molar-refractivity contribution in [1.29, 1.82) is 0 Å². The first-order chi connectivity index (χ1) is 12.3. The number of anilines is 1. The highest BCUT2D eigenvalue weighted by Crippen LogP contribution is 2.22. The summed E-state index contributed by atoms with van der Waals surface area (Å²) >= 11 is 0. The molecular formula is C21H28N2O4. The van der Waals surface area contributed by atoms with Crippen LogP contribution >= 0.6 is 0 Å². The molecular weight excluding hydrogens is 344 g/mol. The number of ether oxygens (including phenoxy) is 2. The van der Waals surface area contributed by atoms with Crippen LogP contribution in [0.5, 0.6) is 0 Å². The van der Waals surface area contributed by atoms with Crippen LogP contribution in [0.3, 0.4) is 0 Å². The van der Waals surface area contributed by atoms with E-state index in [9.17, 15) is 9.59 Å². The third kappa shape index (κ3) is 6.16. The lowest BCUT2D eigenvalue weighted by atomic mass is 10.2. The molecule has 1 N–H and O–H groups in total. The Labute approximate surface area is 160 Å². The van der Waals surface area contributed by atoms with E-state index in [4.69, 9.17) is 9.47 Å². The number of carbonyl (C=O) groups is 2. The van der Waals surface area contributed by atoms with Crippen LogP contribution in [0.15, 0.2) is 42.6 Å². The smallest absolute Gasteiger partial charge is 0.412 e. The molecule has 0 fully saturated rings. The summed E-state index contributed by atoms with van der Waals surface area (Å²) in [6.45, 7) is 15.0. The first kappa shape index (κ1) is 20.6. The molecule has 6 nitrogen and oxygen atoms in total. The summed E-state index contributed by atoms with van der Waals surface area (Å²) in [7, 11) is 0. The van der Waals surface area contributed by atoms with E-state index < -0.39 is 23.3 Å². The highest BCUT2D eigenvalue weighted by Gasteiger charge is 2.19. The number of fused-ring (bicyclic) bond motifs is 1. The van der Waals surface area contributed by atoms with Gasteiger partial charge >= 0.3 is 12.1 Å². The molecule has 0 aliphatic carbocycles. The predicted molar refractivity (Wildman–Crippen MR) is 107 cm³/mol. The summed E-state index contributed by atoms with van der Waals surface area (Å²) in [6.07, 6.45) is 1.36. The van der Waals surface area contributed by atoms with E-state index in [0.717, 1.165) is 10.9 Å². The Morgan fingerprint density at radius 3 is 2.26 bits per heavy atom. The minimum Gasteiger partial charge on any atom is -0.457 e. The second-order valence-electron chi connectivity index (χ2n) is 8.45. The van der Waals surface area contributed by atoms with Gasteiger partial charge in [-0.05, 0) is 65.1 Å². The van der Waals surface area contributed by atoms with Crippen molar-refractivity contribution in [2.24, 2.45) is 0 Å². The molecule has 6 heteroatoms. The second kappa shape index (κ2) is 7.47. The topological polar surface area (TPSA) is 69.6 Å². The van der Waals surface area contributed by atoms with Gasteiger partial charge in [0.25, 0.3) is 0 Å². The monoisotopic (exact) mass is 372 g/mol. The molecule has 1 aromatic heterocycles. The first-order valence-electron chi connectivity index (χ1n) is 8.84. The van der Waals surface area contributed by atoms with Gasteiger partial charge in [0.2, 0.25) is 0 Å². The van der Waals surface area contributed by atoms with Crippen molar-refractivity contribution in [2.45, 2.75) is 59.3 Å². The number of nitrogens with one attached hydrogen (secondary N) is 1. The molecule has 0 radical (unpaired) electrons. The number of benzene rings is 1. The lowest BCUT2D eigenvalue weighted by molar-refractivity contribution is -0.150. The molecule has 27 heavy (non-hydrogen) atoms. The molecule has 1 heterocycles. The molecule has 0 spiro atoms. The van der Waals surface area contributed by atoms with Crippen LogP contribution in [0.4, 0.5) is 10.5 Å². The molecule has 1 aromatic carbocycles. The minimum atomic E-state index is -0.570. The summed E-state index contributed by atoms with van der Waals surface area (Å²) in [5.74, 6) is -0.424. The fourth-order valence-electron chi connectivity index (χ4n) is 2.44. The van der Waals surface area contributed by atoms with Gasteiger partial charge in [-0.1, -0.05) is 12.6 Å². The molecule has 0 atom stereocenters. The van der Waals surface area contributed by atoms with E-state index in [2.05, 4.69) is 11.9 Å². The number of esters is 1. The summed E-state index contributed by atoms with van der Waals surface area (Å²) in [5, 5.41) is 3.71. The maximum atomic E-state index is 12.2. The lowest BCUT2D eigenvalue weighted by Gasteiger charge is -2.20. The Morgan fingerprint density at radius 2 is 1.67 bits per heavy atom. The molecule has 0 unspecified atom stereocenters. The SMILES string of the molecule is C=C(Cn1ccc2ccc(NC(=O)OC(C)(C)C)cc21)C(=O)OC(C)(C)C. The van der Waals surface area contributed by atoms with Gasteiger partial charge in [0, 0.05) is 17.5 Å². The summed E-state index contributed by atoms with van der Waals surface area (Å²) in [4.78, 5) is 24.1. The predicted octanol–water partition coefficient (Wildman–Crippen LogP) is 4.89. The number of nitrogens with zero attached hydrogens (tertiary/aromatic N) is 1. The molecule has 0 aliphatic heterocycles. The number of hydrogen-bond donors (Lipinski definition) is 1. The number of rotatable bonds is 4. The highest BCUT2D eigenvalue weighted by atomic mass is 16.6. The van der Waals surface area contributed by atoms with Crippen molar-refractivity contribution in [2.75, 3.05) is 5.32 Å². The van der Waals surface area contributed by atoms with Gasteiger partial charge in [-0.25, -0.2) is 9.59 Å². The van der Waals surface area contributed by atoms with E-state index in [1.165, 1.54) is 0 Å². The van der Waals surface area contributed by atoms with Crippen LogP contribution in [0.2, 0.25) is 0 Å². The summed E-state index contributed by atoms with van der Waals surface area (Å²) in [5.41, 5.74) is 0.698. The van der Waals surface area contributed by atoms with Gasteiger partial charge in [0.15, 0.2) is 0 Å². The number of aromatic nitrogens is 1. The van der Waals surface area contributed by atoms with Crippen molar-refractivity contribution in [3.63, 3.8) is 0 Å². The Balaban J connectivity index is 2.16. The molecule has 2 rings (SSSR count). The standard InChI is InChI=1S/C21H28N2O4/c1-14(18(24)26-20(2,3)4)13-23-11-10-15-8-9-16(12-17(15)23)22-19(25)27-21(5,6)7/h8-12H,1,13H2,2-7H3,(H,22,25). The molecule has 0 bridgehead atoms. The Morgan fingerprint density at radius 1 is 1.04 bits per heavy atom. The van der Waals surface area contributed by atoms with Gasteiger partial charge < -0.3 is 14.0 Å². The van der Waals surface area contributed by atoms with Crippen LogP contribution < -0.4 is 5.32 Å². The Hall–Kier alpha value is -2.76. The second-order valence-corrected chi connectivity index (χ2v) is 8.45. The highest BCUT2D eigenvalue weighted by molar-refractivity contribution is 5.91. The van der Waals surface area contributed by atoms with E-state index >= 15 is 0 Å². The maximum absolute atomic E-state index is 12.2. The van der Waals surface area contributed by atoms with Crippen LogP contribution in [0.1, 0.15) is 41.5 Å². The zero-order valence-electron chi connectivity index (χ0n) is 16.9. The fourth-order valence-corrected chi connectivity index (χ4v) is 2.44. The molecule has 146 valence electrons. The van der Waals surface area contributed by atoms with Crippen LogP contribution in [-0.2, 0) is 20.8 Å². The average Bonchev–Trinajstić information content (AvgIpc) is 2.86. The molecule has 0 saturated heterocycles. The zero-order valence-corrected chi connectivity index (χ0v) is 16.9. The summed E-state index contributed by atoms with van der Waals surface area (Å²) < 4.78 is 12.5. The molecule has 0 saturated carbocycles. The average molecular weight is 372 g/mol. The Bertz CT molecular complexity index is 866. The summed E-state index contributed by atoms with van der Waals surface area (Å²) in [6, 6.07) is 7.48. The zero-order chi connectivity index (χ0) is 20.4. The first-order valence-corrected chi connectivity index (χ1v) is 8.84. The van der Waals surface area contributed by atoms with Crippen molar-refractivity contribution in [3.05, 3.63) is 42.6 Å². The van der Waals surface area contributed by atoms with Gasteiger partial charge in [0.1, 0.15) is 11.2 Å². The third-order valence-corrected chi connectivity index (χ3v) is 3.47. The number of hydrogen-bond acceptors (Lipinski definition) is 4. The van der Waals surface area contributed by atoms with E-state index in [-0.39, 0.29) is 0 Å². The van der Waals surface area contributed by atoms with E-state index in [1.807, 2.05) is 70.5 Å². The van der Waals surface area contributed by atoms with Crippen LogP contribution in [-0.4, -0.2) is 27.8 Å². The fraction of sp³-hybridized carbons (Fsp3) is 0.429. The molecule has 1 amide bonds. The van der Waals surface area contributed by atoms with Crippen molar-refractivity contribution in [3.8, 4) is 0 Å². The van der Waals surface area contributed by atoms with Crippen molar-refractivity contribution < 1.29 is 19.1 Å².